The molecule has 1 fully saturated rings. The number of anilines is 1. The average Bonchev–Trinajstić information content (AvgIpc) is 2.74. The quantitative estimate of drug-likeness (QED) is 0.888. The molecule has 2 aliphatic heterocycles. The van der Waals surface area contributed by atoms with Crippen LogP contribution >= 0.6 is 11.6 Å². The highest BCUT2D eigenvalue weighted by atomic mass is 35.5. The molecule has 3 rings (SSSR count). The van der Waals surface area contributed by atoms with Crippen molar-refractivity contribution in [3.63, 3.8) is 0 Å². The van der Waals surface area contributed by atoms with Gasteiger partial charge < -0.3 is 20.1 Å². The summed E-state index contributed by atoms with van der Waals surface area (Å²) in [5.41, 5.74) is 0.919. The molecule has 116 valence electrons. The molecule has 5 heteroatoms. The topological polar surface area (TPSA) is 42.5 Å². The summed E-state index contributed by atoms with van der Waals surface area (Å²) in [6, 6.07) is 4.71. The van der Waals surface area contributed by atoms with Crippen molar-refractivity contribution in [3.05, 3.63) is 17.2 Å². The minimum absolute atomic E-state index is 0.274. The van der Waals surface area contributed by atoms with Crippen molar-refractivity contribution in [1.29, 1.82) is 0 Å². The minimum atomic E-state index is 0.274. The third kappa shape index (κ3) is 3.74. The molecule has 0 radical (unpaired) electrons. The predicted octanol–water partition coefficient (Wildman–Crippen LogP) is 3.79. The molecular formula is C16H23ClN2O2. The van der Waals surface area contributed by atoms with Gasteiger partial charge in [0.05, 0.1) is 10.7 Å². The second-order valence-corrected chi connectivity index (χ2v) is 6.37. The normalized spacial score (nSPS) is 22.7. The summed E-state index contributed by atoms with van der Waals surface area (Å²) in [6.07, 6.45) is 6.34. The standard InChI is InChI=1S/C16H23ClN2O2/c1-11(7-12-5-3-2-4-6-18-12)19-14-9-16-15(8-13(14)17)20-10-21-16/h8-9,11-12,18-19H,2-7,10H2,1H3. The molecule has 2 unspecified atom stereocenters. The van der Waals surface area contributed by atoms with Crippen LogP contribution in [0.1, 0.15) is 39.0 Å². The largest absolute Gasteiger partial charge is 0.454 e. The van der Waals surface area contributed by atoms with E-state index >= 15 is 0 Å². The van der Waals surface area contributed by atoms with E-state index in [2.05, 4.69) is 17.6 Å². The number of halogens is 1. The van der Waals surface area contributed by atoms with Crippen LogP contribution in [-0.2, 0) is 0 Å². The predicted molar refractivity (Wildman–Crippen MR) is 85.5 cm³/mol. The van der Waals surface area contributed by atoms with E-state index in [4.69, 9.17) is 21.1 Å². The van der Waals surface area contributed by atoms with Gasteiger partial charge >= 0.3 is 0 Å². The molecular weight excluding hydrogens is 288 g/mol. The third-order valence-corrected chi connectivity index (χ3v) is 4.48. The average molecular weight is 311 g/mol. The van der Waals surface area contributed by atoms with Gasteiger partial charge in [-0.2, -0.15) is 0 Å². The van der Waals surface area contributed by atoms with E-state index in [0.717, 1.165) is 30.2 Å². The Balaban J connectivity index is 1.60. The smallest absolute Gasteiger partial charge is 0.231 e. The molecule has 0 spiro atoms. The van der Waals surface area contributed by atoms with E-state index in [1.807, 2.05) is 12.1 Å². The summed E-state index contributed by atoms with van der Waals surface area (Å²) in [6.45, 7) is 3.62. The summed E-state index contributed by atoms with van der Waals surface area (Å²) >= 11 is 6.31. The van der Waals surface area contributed by atoms with Gasteiger partial charge in [0.15, 0.2) is 11.5 Å². The Morgan fingerprint density at radius 2 is 2.10 bits per heavy atom. The Kier molecular flexibility index (Phi) is 4.76. The van der Waals surface area contributed by atoms with Crippen molar-refractivity contribution < 1.29 is 9.47 Å². The number of ether oxygens (including phenoxy) is 2. The molecule has 2 heterocycles. The molecule has 21 heavy (non-hydrogen) atoms. The van der Waals surface area contributed by atoms with Gasteiger partial charge in [-0.05, 0) is 32.7 Å². The zero-order valence-corrected chi connectivity index (χ0v) is 13.2. The first-order valence-electron chi connectivity index (χ1n) is 7.81. The lowest BCUT2D eigenvalue weighted by Gasteiger charge is -2.22. The van der Waals surface area contributed by atoms with Gasteiger partial charge in [0.25, 0.3) is 0 Å². The van der Waals surface area contributed by atoms with E-state index in [0.29, 0.717) is 17.1 Å². The number of benzene rings is 1. The fourth-order valence-electron chi connectivity index (χ4n) is 3.08. The number of hydrogen-bond donors (Lipinski definition) is 2. The van der Waals surface area contributed by atoms with Crippen LogP contribution in [0, 0.1) is 0 Å². The maximum atomic E-state index is 6.31. The first-order chi connectivity index (χ1) is 10.2. The number of nitrogens with one attached hydrogen (secondary N) is 2. The Labute approximate surface area is 131 Å². The first kappa shape index (κ1) is 14.8. The van der Waals surface area contributed by atoms with Crippen LogP contribution in [0.15, 0.2) is 12.1 Å². The number of hydrogen-bond acceptors (Lipinski definition) is 4. The van der Waals surface area contributed by atoms with Gasteiger partial charge in [-0.1, -0.05) is 24.4 Å². The van der Waals surface area contributed by atoms with E-state index < -0.39 is 0 Å². The summed E-state index contributed by atoms with van der Waals surface area (Å²) in [5, 5.41) is 7.82. The molecule has 1 saturated heterocycles. The van der Waals surface area contributed by atoms with Crippen molar-refractivity contribution in [2.24, 2.45) is 0 Å². The number of fused-ring (bicyclic) bond motifs is 1. The maximum Gasteiger partial charge on any atom is 0.231 e. The molecule has 0 amide bonds. The summed E-state index contributed by atoms with van der Waals surface area (Å²) in [5.74, 6) is 1.49. The lowest BCUT2D eigenvalue weighted by molar-refractivity contribution is 0.174. The number of rotatable bonds is 4. The van der Waals surface area contributed by atoms with E-state index in [-0.39, 0.29) is 6.79 Å². The fourth-order valence-corrected chi connectivity index (χ4v) is 3.29. The summed E-state index contributed by atoms with van der Waals surface area (Å²) in [7, 11) is 0. The molecule has 0 saturated carbocycles. The SMILES string of the molecule is CC(CC1CCCCCN1)Nc1cc2c(cc1Cl)OCO2. The van der Waals surface area contributed by atoms with Crippen molar-refractivity contribution in [3.8, 4) is 11.5 Å². The highest BCUT2D eigenvalue weighted by Crippen LogP contribution is 2.39. The monoisotopic (exact) mass is 310 g/mol. The second-order valence-electron chi connectivity index (χ2n) is 5.97. The Morgan fingerprint density at radius 1 is 1.29 bits per heavy atom. The highest BCUT2D eigenvalue weighted by Gasteiger charge is 2.19. The molecule has 2 atom stereocenters. The van der Waals surface area contributed by atoms with Gasteiger partial charge in [0.1, 0.15) is 0 Å². The van der Waals surface area contributed by atoms with Crippen LogP contribution in [-0.4, -0.2) is 25.4 Å². The van der Waals surface area contributed by atoms with E-state index in [1.54, 1.807) is 0 Å². The summed E-state index contributed by atoms with van der Waals surface area (Å²) in [4.78, 5) is 0. The molecule has 4 nitrogen and oxygen atoms in total. The fraction of sp³-hybridized carbons (Fsp3) is 0.625. The van der Waals surface area contributed by atoms with Gasteiger partial charge in [0, 0.05) is 24.2 Å². The van der Waals surface area contributed by atoms with Gasteiger partial charge in [-0.25, -0.2) is 0 Å². The van der Waals surface area contributed by atoms with Gasteiger partial charge in [-0.3, -0.25) is 0 Å². The molecule has 2 N–H and O–H groups in total. The maximum absolute atomic E-state index is 6.31. The van der Waals surface area contributed by atoms with E-state index in [1.165, 1.54) is 25.7 Å². The minimum Gasteiger partial charge on any atom is -0.454 e. The van der Waals surface area contributed by atoms with Gasteiger partial charge in [0.2, 0.25) is 6.79 Å². The van der Waals surface area contributed by atoms with Crippen LogP contribution in [0.2, 0.25) is 5.02 Å². The molecule has 1 aromatic rings. The molecule has 2 aliphatic rings. The van der Waals surface area contributed by atoms with Crippen LogP contribution < -0.4 is 20.1 Å². The highest BCUT2D eigenvalue weighted by molar-refractivity contribution is 6.33. The summed E-state index contributed by atoms with van der Waals surface area (Å²) < 4.78 is 10.7. The van der Waals surface area contributed by atoms with Crippen molar-refractivity contribution in [2.45, 2.75) is 51.1 Å². The van der Waals surface area contributed by atoms with Crippen molar-refractivity contribution in [2.75, 3.05) is 18.7 Å². The Hall–Kier alpha value is -1.13. The molecule has 0 aliphatic carbocycles. The lowest BCUT2D eigenvalue weighted by atomic mass is 10.0. The molecule has 0 aromatic heterocycles. The third-order valence-electron chi connectivity index (χ3n) is 4.16. The molecule has 1 aromatic carbocycles. The lowest BCUT2D eigenvalue weighted by Crippen LogP contribution is -2.33. The van der Waals surface area contributed by atoms with Crippen molar-refractivity contribution >= 4 is 17.3 Å². The zero-order valence-electron chi connectivity index (χ0n) is 12.5. The van der Waals surface area contributed by atoms with Crippen LogP contribution in [0.4, 0.5) is 5.69 Å². The van der Waals surface area contributed by atoms with E-state index in [9.17, 15) is 0 Å². The van der Waals surface area contributed by atoms with Crippen LogP contribution in [0.25, 0.3) is 0 Å². The van der Waals surface area contributed by atoms with Crippen LogP contribution in [0.3, 0.4) is 0 Å². The zero-order chi connectivity index (χ0) is 14.7. The first-order valence-corrected chi connectivity index (χ1v) is 8.19. The Morgan fingerprint density at radius 3 is 2.95 bits per heavy atom. The van der Waals surface area contributed by atoms with Gasteiger partial charge in [-0.15, -0.1) is 0 Å². The Bertz CT molecular complexity index is 487. The van der Waals surface area contributed by atoms with Crippen molar-refractivity contribution in [1.82, 2.24) is 5.32 Å². The van der Waals surface area contributed by atoms with Crippen LogP contribution in [0.5, 0.6) is 11.5 Å². The molecule has 0 bridgehead atoms. The second kappa shape index (κ2) is 6.75.